The summed E-state index contributed by atoms with van der Waals surface area (Å²) in [7, 11) is 0. The van der Waals surface area contributed by atoms with Crippen LogP contribution in [0.1, 0.15) is 6.42 Å². The lowest BCUT2D eigenvalue weighted by Gasteiger charge is -2.15. The second-order valence-electron chi connectivity index (χ2n) is 4.74. The fourth-order valence-corrected chi connectivity index (χ4v) is 2.63. The minimum atomic E-state index is -0.888. The Kier molecular flexibility index (Phi) is 3.31. The molecule has 0 radical (unpaired) electrons. The van der Waals surface area contributed by atoms with Gasteiger partial charge in [-0.2, -0.15) is 0 Å². The van der Waals surface area contributed by atoms with Crippen LogP contribution in [0.15, 0.2) is 24.3 Å². The van der Waals surface area contributed by atoms with E-state index in [1.54, 1.807) is 0 Å². The first-order valence-corrected chi connectivity index (χ1v) is 6.68. The fourth-order valence-electron chi connectivity index (χ4n) is 2.42. The van der Waals surface area contributed by atoms with E-state index in [1.807, 2.05) is 24.3 Å². The number of nitrogens with zero attached hydrogens (tertiary/aromatic N) is 3. The summed E-state index contributed by atoms with van der Waals surface area (Å²) in [5.74, 6) is 0.641. The van der Waals surface area contributed by atoms with Gasteiger partial charge < -0.3 is 15.3 Å². The van der Waals surface area contributed by atoms with E-state index < -0.39 is 6.09 Å². The van der Waals surface area contributed by atoms with Gasteiger partial charge in [-0.05, 0) is 6.42 Å². The average molecular weight is 293 g/mol. The van der Waals surface area contributed by atoms with Crippen molar-refractivity contribution >= 4 is 34.3 Å². The van der Waals surface area contributed by atoms with Crippen LogP contribution in [0, 0.1) is 0 Å². The summed E-state index contributed by atoms with van der Waals surface area (Å²) in [4.78, 5) is 12.3. The van der Waals surface area contributed by atoms with Crippen molar-refractivity contribution in [2.45, 2.75) is 12.5 Å². The largest absolute Gasteiger partial charge is 0.465 e. The molecule has 0 aliphatic carbocycles. The lowest BCUT2D eigenvalue weighted by atomic mass is 10.2. The minimum absolute atomic E-state index is 0.0463. The van der Waals surface area contributed by atoms with E-state index in [2.05, 4.69) is 15.5 Å². The molecule has 0 bridgehead atoms. The summed E-state index contributed by atoms with van der Waals surface area (Å²) < 4.78 is 0. The van der Waals surface area contributed by atoms with Gasteiger partial charge >= 0.3 is 6.09 Å². The Hall–Kier alpha value is -2.08. The van der Waals surface area contributed by atoms with Crippen LogP contribution in [0.2, 0.25) is 5.15 Å². The molecule has 104 valence electrons. The monoisotopic (exact) mass is 292 g/mol. The van der Waals surface area contributed by atoms with E-state index in [1.165, 1.54) is 4.90 Å². The third-order valence-electron chi connectivity index (χ3n) is 3.44. The predicted octanol–water partition coefficient (Wildman–Crippen LogP) is 2.45. The number of carboxylic acid groups (broad SMARTS) is 1. The number of nitrogens with one attached hydrogen (secondary N) is 1. The van der Waals surface area contributed by atoms with E-state index in [0.29, 0.717) is 24.1 Å². The molecule has 1 fully saturated rings. The van der Waals surface area contributed by atoms with Gasteiger partial charge in [0.05, 0.1) is 0 Å². The standard InChI is InChI=1S/C13H13ClN4O2/c14-11-9-3-1-2-4-10(9)12(17-16-11)15-8-5-6-18(7-8)13(19)20/h1-4,8H,5-7H2,(H,15,17)(H,19,20)/t8-/m0/s1. The molecule has 1 saturated heterocycles. The highest BCUT2D eigenvalue weighted by molar-refractivity contribution is 6.34. The van der Waals surface area contributed by atoms with Crippen molar-refractivity contribution in [3.8, 4) is 0 Å². The summed E-state index contributed by atoms with van der Waals surface area (Å²) in [6.07, 6.45) is -0.133. The Morgan fingerprint density at radius 2 is 2.10 bits per heavy atom. The number of amides is 1. The Morgan fingerprint density at radius 1 is 1.35 bits per heavy atom. The van der Waals surface area contributed by atoms with Crippen molar-refractivity contribution in [1.82, 2.24) is 15.1 Å². The Balaban J connectivity index is 1.85. The molecule has 6 nitrogen and oxygen atoms in total. The molecule has 0 unspecified atom stereocenters. The Morgan fingerprint density at radius 3 is 2.80 bits per heavy atom. The predicted molar refractivity (Wildman–Crippen MR) is 76.2 cm³/mol. The number of rotatable bonds is 2. The van der Waals surface area contributed by atoms with E-state index in [-0.39, 0.29) is 6.04 Å². The SMILES string of the molecule is O=C(O)N1CC[C@H](Nc2nnc(Cl)c3ccccc23)C1. The van der Waals surface area contributed by atoms with Crippen LogP contribution in [0.5, 0.6) is 0 Å². The Labute approximate surface area is 120 Å². The van der Waals surface area contributed by atoms with Crippen molar-refractivity contribution < 1.29 is 9.90 Å². The van der Waals surface area contributed by atoms with Gasteiger partial charge in [-0.15, -0.1) is 10.2 Å². The van der Waals surface area contributed by atoms with Gasteiger partial charge in [0.15, 0.2) is 11.0 Å². The number of hydrogen-bond donors (Lipinski definition) is 2. The summed E-state index contributed by atoms with van der Waals surface area (Å²) >= 11 is 6.02. The molecule has 0 spiro atoms. The molecule has 7 heteroatoms. The van der Waals surface area contributed by atoms with Crippen LogP contribution in [0.25, 0.3) is 10.8 Å². The molecule has 2 heterocycles. The van der Waals surface area contributed by atoms with Crippen molar-refractivity contribution in [3.63, 3.8) is 0 Å². The van der Waals surface area contributed by atoms with E-state index in [0.717, 1.165) is 17.2 Å². The molecule has 20 heavy (non-hydrogen) atoms. The van der Waals surface area contributed by atoms with Crippen LogP contribution in [-0.2, 0) is 0 Å². The lowest BCUT2D eigenvalue weighted by Crippen LogP contribution is -2.30. The van der Waals surface area contributed by atoms with Crippen molar-refractivity contribution in [2.75, 3.05) is 18.4 Å². The number of likely N-dealkylation sites (tertiary alicyclic amines) is 1. The van der Waals surface area contributed by atoms with E-state index in [4.69, 9.17) is 16.7 Å². The zero-order valence-electron chi connectivity index (χ0n) is 10.6. The second kappa shape index (κ2) is 5.13. The number of halogens is 1. The molecule has 1 aromatic heterocycles. The molecular weight excluding hydrogens is 280 g/mol. The highest BCUT2D eigenvalue weighted by atomic mass is 35.5. The van der Waals surface area contributed by atoms with Gasteiger partial charge in [0.1, 0.15) is 0 Å². The first-order chi connectivity index (χ1) is 9.65. The zero-order chi connectivity index (χ0) is 14.1. The number of aromatic nitrogens is 2. The van der Waals surface area contributed by atoms with Crippen LogP contribution in [0.3, 0.4) is 0 Å². The molecular formula is C13H13ClN4O2. The summed E-state index contributed by atoms with van der Waals surface area (Å²) in [5.41, 5.74) is 0. The molecule has 1 amide bonds. The van der Waals surface area contributed by atoms with Gasteiger partial charge in [0.25, 0.3) is 0 Å². The average Bonchev–Trinajstić information content (AvgIpc) is 2.91. The molecule has 0 saturated carbocycles. The van der Waals surface area contributed by atoms with Crippen LogP contribution in [-0.4, -0.2) is 45.4 Å². The van der Waals surface area contributed by atoms with Crippen molar-refractivity contribution in [1.29, 1.82) is 0 Å². The first-order valence-electron chi connectivity index (χ1n) is 6.30. The summed E-state index contributed by atoms with van der Waals surface area (Å²) in [6, 6.07) is 7.65. The maximum absolute atomic E-state index is 10.9. The molecule has 1 aliphatic rings. The van der Waals surface area contributed by atoms with Crippen LogP contribution in [0.4, 0.5) is 10.6 Å². The smallest absolute Gasteiger partial charge is 0.407 e. The van der Waals surface area contributed by atoms with Gasteiger partial charge in [-0.1, -0.05) is 35.9 Å². The number of hydrogen-bond acceptors (Lipinski definition) is 4. The molecule has 1 aliphatic heterocycles. The van der Waals surface area contributed by atoms with Gasteiger partial charge in [-0.25, -0.2) is 4.79 Å². The number of carbonyl (C=O) groups is 1. The number of fused-ring (bicyclic) bond motifs is 1. The number of anilines is 1. The van der Waals surface area contributed by atoms with E-state index >= 15 is 0 Å². The topological polar surface area (TPSA) is 78.4 Å². The van der Waals surface area contributed by atoms with Crippen molar-refractivity contribution in [2.24, 2.45) is 0 Å². The fraction of sp³-hybridized carbons (Fsp3) is 0.308. The maximum atomic E-state index is 10.9. The van der Waals surface area contributed by atoms with Crippen molar-refractivity contribution in [3.05, 3.63) is 29.4 Å². The molecule has 1 atom stereocenters. The quantitative estimate of drug-likeness (QED) is 0.889. The van der Waals surface area contributed by atoms with Gasteiger partial charge in [0.2, 0.25) is 0 Å². The highest BCUT2D eigenvalue weighted by Crippen LogP contribution is 2.26. The molecule has 3 rings (SSSR count). The Bertz CT molecular complexity index is 664. The molecule has 2 N–H and O–H groups in total. The normalized spacial score (nSPS) is 18.4. The molecule has 1 aromatic carbocycles. The van der Waals surface area contributed by atoms with Crippen LogP contribution >= 0.6 is 11.6 Å². The molecule has 2 aromatic rings. The number of benzene rings is 1. The van der Waals surface area contributed by atoms with Gasteiger partial charge in [-0.3, -0.25) is 0 Å². The van der Waals surface area contributed by atoms with Gasteiger partial charge in [0, 0.05) is 29.9 Å². The minimum Gasteiger partial charge on any atom is -0.465 e. The van der Waals surface area contributed by atoms with E-state index in [9.17, 15) is 4.79 Å². The second-order valence-corrected chi connectivity index (χ2v) is 5.10. The third-order valence-corrected chi connectivity index (χ3v) is 3.72. The summed E-state index contributed by atoms with van der Waals surface area (Å²) in [6.45, 7) is 0.986. The summed E-state index contributed by atoms with van der Waals surface area (Å²) in [5, 5.41) is 22.3. The maximum Gasteiger partial charge on any atom is 0.407 e. The first kappa shape index (κ1) is 12.9. The highest BCUT2D eigenvalue weighted by Gasteiger charge is 2.26. The van der Waals surface area contributed by atoms with Crippen LogP contribution < -0.4 is 5.32 Å². The zero-order valence-corrected chi connectivity index (χ0v) is 11.3. The third kappa shape index (κ3) is 2.34. The lowest BCUT2D eigenvalue weighted by molar-refractivity contribution is 0.155.